The number of rotatable bonds is 3. The van der Waals surface area contributed by atoms with Crippen molar-refractivity contribution >= 4 is 17.7 Å². The Kier molecular flexibility index (Phi) is 3.85. The van der Waals surface area contributed by atoms with E-state index in [0.717, 1.165) is 11.8 Å². The molecule has 0 unspecified atom stereocenters. The Hall–Kier alpha value is -1.99. The van der Waals surface area contributed by atoms with Gasteiger partial charge in [-0.25, -0.2) is 9.87 Å². The van der Waals surface area contributed by atoms with Crippen LogP contribution in [0.25, 0.3) is 0 Å². The molecule has 0 aliphatic heterocycles. The second-order valence-electron chi connectivity index (χ2n) is 3.25. The normalized spacial score (nSPS) is 10.1. The standard InChI is InChI=1S/C11H8FN3O2S/c12-7-2-1-3-8(6-7)18-11-9(10(16)15-17)4-5-13-14-11/h1-6,17H,(H,15,16). The molecule has 1 aromatic heterocycles. The quantitative estimate of drug-likeness (QED) is 0.654. The molecule has 7 heteroatoms. The number of nitrogens with zero attached hydrogens (tertiary/aromatic N) is 2. The van der Waals surface area contributed by atoms with Gasteiger partial charge in [0, 0.05) is 4.90 Å². The summed E-state index contributed by atoms with van der Waals surface area (Å²) < 4.78 is 13.0. The lowest BCUT2D eigenvalue weighted by atomic mass is 10.3. The molecule has 0 aliphatic carbocycles. The maximum atomic E-state index is 13.0. The van der Waals surface area contributed by atoms with E-state index in [0.29, 0.717) is 4.90 Å². The van der Waals surface area contributed by atoms with Gasteiger partial charge in [-0.1, -0.05) is 17.8 Å². The SMILES string of the molecule is O=C(NO)c1ccnnc1Sc1cccc(F)c1. The Morgan fingerprint density at radius 1 is 1.39 bits per heavy atom. The van der Waals surface area contributed by atoms with Crippen molar-refractivity contribution in [3.05, 3.63) is 47.9 Å². The number of hydrogen-bond acceptors (Lipinski definition) is 5. The van der Waals surface area contributed by atoms with Crippen molar-refractivity contribution in [2.24, 2.45) is 0 Å². The minimum absolute atomic E-state index is 0.168. The van der Waals surface area contributed by atoms with Crippen LogP contribution in [0.5, 0.6) is 0 Å². The van der Waals surface area contributed by atoms with Crippen LogP contribution in [-0.2, 0) is 0 Å². The Bertz CT molecular complexity index is 580. The number of nitrogens with one attached hydrogen (secondary N) is 1. The minimum atomic E-state index is -0.691. The second-order valence-corrected chi connectivity index (χ2v) is 4.31. The van der Waals surface area contributed by atoms with Crippen molar-refractivity contribution in [3.63, 3.8) is 0 Å². The number of amides is 1. The zero-order valence-electron chi connectivity index (χ0n) is 9.00. The van der Waals surface area contributed by atoms with E-state index in [1.54, 1.807) is 12.1 Å². The lowest BCUT2D eigenvalue weighted by Crippen LogP contribution is -2.20. The Balaban J connectivity index is 2.32. The average Bonchev–Trinajstić information content (AvgIpc) is 2.38. The van der Waals surface area contributed by atoms with Gasteiger partial charge < -0.3 is 0 Å². The van der Waals surface area contributed by atoms with Crippen LogP contribution in [0.15, 0.2) is 46.5 Å². The highest BCUT2D eigenvalue weighted by molar-refractivity contribution is 7.99. The van der Waals surface area contributed by atoms with E-state index in [9.17, 15) is 9.18 Å². The first-order chi connectivity index (χ1) is 8.70. The molecule has 1 amide bonds. The zero-order valence-corrected chi connectivity index (χ0v) is 9.82. The van der Waals surface area contributed by atoms with Crippen molar-refractivity contribution in [3.8, 4) is 0 Å². The summed E-state index contributed by atoms with van der Waals surface area (Å²) in [4.78, 5) is 12.0. The van der Waals surface area contributed by atoms with Crippen LogP contribution in [-0.4, -0.2) is 21.3 Å². The molecule has 0 atom stereocenters. The first-order valence-corrected chi connectivity index (χ1v) is 5.72. The highest BCUT2D eigenvalue weighted by Crippen LogP contribution is 2.28. The van der Waals surface area contributed by atoms with Crippen LogP contribution >= 0.6 is 11.8 Å². The smallest absolute Gasteiger partial charge is 0.277 e. The van der Waals surface area contributed by atoms with E-state index in [-0.39, 0.29) is 16.4 Å². The predicted molar refractivity (Wildman–Crippen MR) is 61.8 cm³/mol. The molecule has 0 radical (unpaired) electrons. The van der Waals surface area contributed by atoms with Gasteiger partial charge in [0.2, 0.25) is 0 Å². The number of carbonyl (C=O) groups is 1. The molecule has 1 heterocycles. The number of hydrogen-bond donors (Lipinski definition) is 2. The molecule has 92 valence electrons. The maximum absolute atomic E-state index is 13.0. The summed E-state index contributed by atoms with van der Waals surface area (Å²) in [5.41, 5.74) is 1.69. The zero-order chi connectivity index (χ0) is 13.0. The van der Waals surface area contributed by atoms with Gasteiger partial charge in [0.1, 0.15) is 10.8 Å². The summed E-state index contributed by atoms with van der Waals surface area (Å²) in [6, 6.07) is 7.30. The second kappa shape index (κ2) is 5.56. The fraction of sp³-hybridized carbons (Fsp3) is 0. The number of aromatic nitrogens is 2. The summed E-state index contributed by atoms with van der Waals surface area (Å²) in [6.45, 7) is 0. The molecule has 0 saturated carbocycles. The molecule has 5 nitrogen and oxygen atoms in total. The van der Waals surface area contributed by atoms with Gasteiger partial charge >= 0.3 is 0 Å². The molecule has 1 aromatic carbocycles. The minimum Gasteiger partial charge on any atom is -0.288 e. The van der Waals surface area contributed by atoms with Gasteiger partial charge in [-0.3, -0.25) is 10.0 Å². The first kappa shape index (κ1) is 12.5. The largest absolute Gasteiger partial charge is 0.288 e. The Morgan fingerprint density at radius 3 is 2.94 bits per heavy atom. The molecule has 0 saturated heterocycles. The molecule has 18 heavy (non-hydrogen) atoms. The van der Waals surface area contributed by atoms with Crippen molar-refractivity contribution in [2.45, 2.75) is 9.92 Å². The summed E-state index contributed by atoms with van der Waals surface area (Å²) >= 11 is 1.09. The summed E-state index contributed by atoms with van der Waals surface area (Å²) in [5, 5.41) is 16.3. The molecule has 0 aliphatic rings. The summed E-state index contributed by atoms with van der Waals surface area (Å²) in [7, 11) is 0. The fourth-order valence-electron chi connectivity index (χ4n) is 1.27. The highest BCUT2D eigenvalue weighted by Gasteiger charge is 2.13. The van der Waals surface area contributed by atoms with E-state index < -0.39 is 5.91 Å². The van der Waals surface area contributed by atoms with Crippen LogP contribution < -0.4 is 5.48 Å². The van der Waals surface area contributed by atoms with E-state index in [2.05, 4.69) is 10.2 Å². The predicted octanol–water partition coefficient (Wildman–Crippen LogP) is 1.89. The van der Waals surface area contributed by atoms with Crippen LogP contribution in [0.3, 0.4) is 0 Å². The highest BCUT2D eigenvalue weighted by atomic mass is 32.2. The first-order valence-electron chi connectivity index (χ1n) is 4.90. The van der Waals surface area contributed by atoms with Crippen LogP contribution in [0.4, 0.5) is 4.39 Å². The van der Waals surface area contributed by atoms with Crippen LogP contribution in [0.1, 0.15) is 10.4 Å². The van der Waals surface area contributed by atoms with Gasteiger partial charge in [0.25, 0.3) is 5.91 Å². The Labute approximate surface area is 106 Å². The van der Waals surface area contributed by atoms with Crippen molar-refractivity contribution in [2.75, 3.05) is 0 Å². The van der Waals surface area contributed by atoms with Gasteiger partial charge in [0.05, 0.1) is 11.8 Å². The lowest BCUT2D eigenvalue weighted by molar-refractivity contribution is 0.0702. The lowest BCUT2D eigenvalue weighted by Gasteiger charge is -2.05. The van der Waals surface area contributed by atoms with E-state index >= 15 is 0 Å². The molecule has 0 spiro atoms. The fourth-order valence-corrected chi connectivity index (χ4v) is 2.17. The molecular formula is C11H8FN3O2S. The topological polar surface area (TPSA) is 75.1 Å². The number of benzene rings is 1. The third-order valence-corrected chi connectivity index (χ3v) is 3.03. The maximum Gasteiger partial charge on any atom is 0.277 e. The van der Waals surface area contributed by atoms with Gasteiger partial charge in [-0.15, -0.1) is 5.10 Å². The monoisotopic (exact) mass is 265 g/mol. The van der Waals surface area contributed by atoms with Gasteiger partial charge in [-0.2, -0.15) is 5.10 Å². The molecule has 0 fully saturated rings. The Morgan fingerprint density at radius 2 is 2.22 bits per heavy atom. The molecule has 0 bridgehead atoms. The number of halogens is 1. The van der Waals surface area contributed by atoms with Crippen molar-refractivity contribution < 1.29 is 14.4 Å². The van der Waals surface area contributed by atoms with Crippen molar-refractivity contribution in [1.82, 2.24) is 15.7 Å². The van der Waals surface area contributed by atoms with Crippen LogP contribution in [0, 0.1) is 5.82 Å². The van der Waals surface area contributed by atoms with Crippen molar-refractivity contribution in [1.29, 1.82) is 0 Å². The molecule has 2 aromatic rings. The van der Waals surface area contributed by atoms with E-state index in [1.807, 2.05) is 0 Å². The third-order valence-electron chi connectivity index (χ3n) is 2.04. The summed E-state index contributed by atoms with van der Waals surface area (Å²) in [6.07, 6.45) is 1.33. The molecular weight excluding hydrogens is 257 g/mol. The van der Waals surface area contributed by atoms with Gasteiger partial charge in [-0.05, 0) is 24.3 Å². The van der Waals surface area contributed by atoms with Crippen LogP contribution in [0.2, 0.25) is 0 Å². The number of hydroxylamine groups is 1. The summed E-state index contributed by atoms with van der Waals surface area (Å²) in [5.74, 6) is -1.07. The molecule has 2 rings (SSSR count). The van der Waals surface area contributed by atoms with E-state index in [1.165, 1.54) is 29.9 Å². The third kappa shape index (κ3) is 2.82. The van der Waals surface area contributed by atoms with E-state index in [4.69, 9.17) is 5.21 Å². The average molecular weight is 265 g/mol. The van der Waals surface area contributed by atoms with Gasteiger partial charge in [0.15, 0.2) is 0 Å². The number of carbonyl (C=O) groups excluding carboxylic acids is 1. The molecule has 2 N–H and O–H groups in total.